The molecule has 1 aliphatic rings. The predicted octanol–water partition coefficient (Wildman–Crippen LogP) is 0.741. The van der Waals surface area contributed by atoms with E-state index < -0.39 is 0 Å². The summed E-state index contributed by atoms with van der Waals surface area (Å²) < 4.78 is 0. The lowest BCUT2D eigenvalue weighted by Gasteiger charge is -2.07. The molecule has 1 atom stereocenters. The van der Waals surface area contributed by atoms with E-state index in [9.17, 15) is 4.79 Å². The second-order valence-electron chi connectivity index (χ2n) is 2.71. The quantitative estimate of drug-likeness (QED) is 0.429. The number of nitrogens with one attached hydrogen (secondary N) is 1. The second-order valence-corrected chi connectivity index (χ2v) is 2.71. The molecule has 56 valence electrons. The van der Waals surface area contributed by atoms with E-state index in [0.29, 0.717) is 0 Å². The van der Waals surface area contributed by atoms with Crippen LogP contribution < -0.4 is 5.32 Å². The number of hydrogen-bond donors (Lipinski definition) is 1. The Balaban J connectivity index is 2.51. The third kappa shape index (κ3) is 1.67. The van der Waals surface area contributed by atoms with E-state index in [1.54, 1.807) is 0 Å². The lowest BCUT2D eigenvalue weighted by Crippen LogP contribution is -2.21. The van der Waals surface area contributed by atoms with Crippen molar-refractivity contribution >= 4 is 6.29 Å². The molecule has 1 saturated heterocycles. The summed E-state index contributed by atoms with van der Waals surface area (Å²) in [5.74, 6) is 0.0579. The van der Waals surface area contributed by atoms with Crippen LogP contribution in [0.5, 0.6) is 0 Å². The summed E-state index contributed by atoms with van der Waals surface area (Å²) in [5, 5.41) is 3.19. The molecule has 2 nitrogen and oxygen atoms in total. The van der Waals surface area contributed by atoms with E-state index in [4.69, 9.17) is 0 Å². The highest BCUT2D eigenvalue weighted by Gasteiger charge is 2.13. The average Bonchev–Trinajstić information content (AvgIpc) is 2.13. The molecule has 0 saturated carbocycles. The van der Waals surface area contributed by atoms with Crippen molar-refractivity contribution in [1.29, 1.82) is 0 Å². The lowest BCUT2D eigenvalue weighted by atomic mass is 10.00. The van der Waals surface area contributed by atoms with Crippen molar-refractivity contribution in [3.05, 3.63) is 12.2 Å². The van der Waals surface area contributed by atoms with Crippen LogP contribution in [0.4, 0.5) is 0 Å². The predicted molar refractivity (Wildman–Crippen MR) is 40.8 cm³/mol. The maximum absolute atomic E-state index is 10.4. The number of aldehydes is 1. The minimum atomic E-state index is 0.0579. The van der Waals surface area contributed by atoms with E-state index in [2.05, 4.69) is 11.9 Å². The first-order valence-corrected chi connectivity index (χ1v) is 3.68. The van der Waals surface area contributed by atoms with E-state index >= 15 is 0 Å². The van der Waals surface area contributed by atoms with Gasteiger partial charge in [0.2, 0.25) is 0 Å². The first-order chi connectivity index (χ1) is 4.84. The normalized spacial score (nSPS) is 27.6. The van der Waals surface area contributed by atoms with Gasteiger partial charge in [0.25, 0.3) is 0 Å². The largest absolute Gasteiger partial charge is 0.316 e. The Hall–Kier alpha value is -0.630. The Kier molecular flexibility index (Phi) is 2.63. The molecule has 1 rings (SSSR count). The van der Waals surface area contributed by atoms with Crippen molar-refractivity contribution in [2.75, 3.05) is 13.1 Å². The zero-order valence-corrected chi connectivity index (χ0v) is 6.10. The van der Waals surface area contributed by atoms with Gasteiger partial charge in [0.15, 0.2) is 0 Å². The van der Waals surface area contributed by atoms with Crippen LogP contribution in [0.15, 0.2) is 12.2 Å². The Labute approximate surface area is 61.3 Å². The Bertz CT molecular complexity index is 142. The van der Waals surface area contributed by atoms with Gasteiger partial charge < -0.3 is 10.1 Å². The van der Waals surface area contributed by atoms with E-state index in [1.165, 1.54) is 0 Å². The molecule has 0 bridgehead atoms. The van der Waals surface area contributed by atoms with Gasteiger partial charge in [-0.1, -0.05) is 12.2 Å². The number of rotatable bonds is 1. The van der Waals surface area contributed by atoms with Crippen LogP contribution in [0.3, 0.4) is 0 Å². The molecular weight excluding hydrogens is 126 g/mol. The summed E-state index contributed by atoms with van der Waals surface area (Å²) in [6.07, 6.45) is 3.10. The van der Waals surface area contributed by atoms with Crippen molar-refractivity contribution in [1.82, 2.24) is 5.32 Å². The number of carbonyl (C=O) groups excluding carboxylic acids is 1. The zero-order chi connectivity index (χ0) is 7.40. The summed E-state index contributed by atoms with van der Waals surface area (Å²) in [6.45, 7) is 5.65. The van der Waals surface area contributed by atoms with Crippen LogP contribution in [0, 0.1) is 5.92 Å². The molecule has 2 heteroatoms. The summed E-state index contributed by atoms with van der Waals surface area (Å²) in [7, 11) is 0. The Morgan fingerprint density at radius 1 is 1.70 bits per heavy atom. The SMILES string of the molecule is C=C1CCCNCC1C=O. The second kappa shape index (κ2) is 3.52. The fourth-order valence-corrected chi connectivity index (χ4v) is 1.17. The number of carbonyl (C=O) groups is 1. The molecule has 1 N–H and O–H groups in total. The molecule has 0 aromatic heterocycles. The van der Waals surface area contributed by atoms with E-state index in [1.807, 2.05) is 0 Å². The first kappa shape index (κ1) is 7.48. The molecule has 0 aromatic carbocycles. The van der Waals surface area contributed by atoms with Gasteiger partial charge in [-0.25, -0.2) is 0 Å². The first-order valence-electron chi connectivity index (χ1n) is 3.68. The topological polar surface area (TPSA) is 29.1 Å². The zero-order valence-electron chi connectivity index (χ0n) is 6.10. The smallest absolute Gasteiger partial charge is 0.128 e. The molecule has 0 amide bonds. The highest BCUT2D eigenvalue weighted by molar-refractivity contribution is 5.59. The van der Waals surface area contributed by atoms with Gasteiger partial charge in [-0.3, -0.25) is 0 Å². The van der Waals surface area contributed by atoms with E-state index in [-0.39, 0.29) is 5.92 Å². The molecular formula is C8H13NO. The van der Waals surface area contributed by atoms with Crippen LogP contribution in [-0.4, -0.2) is 19.4 Å². The molecule has 1 unspecified atom stereocenters. The molecule has 0 aromatic rings. The molecule has 1 heterocycles. The summed E-state index contributed by atoms with van der Waals surface area (Å²) in [4.78, 5) is 10.4. The fraction of sp³-hybridized carbons (Fsp3) is 0.625. The van der Waals surface area contributed by atoms with Crippen LogP contribution >= 0.6 is 0 Å². The lowest BCUT2D eigenvalue weighted by molar-refractivity contribution is -0.110. The van der Waals surface area contributed by atoms with Gasteiger partial charge in [-0.05, 0) is 19.4 Å². The van der Waals surface area contributed by atoms with Crippen molar-refractivity contribution < 1.29 is 4.79 Å². The summed E-state index contributed by atoms with van der Waals surface area (Å²) in [6, 6.07) is 0. The number of hydrogen-bond acceptors (Lipinski definition) is 2. The van der Waals surface area contributed by atoms with Crippen molar-refractivity contribution in [3.8, 4) is 0 Å². The molecule has 1 aliphatic heterocycles. The van der Waals surface area contributed by atoms with Crippen molar-refractivity contribution in [3.63, 3.8) is 0 Å². The molecule has 1 fully saturated rings. The third-order valence-corrected chi connectivity index (χ3v) is 1.90. The van der Waals surface area contributed by atoms with Crippen LogP contribution in [0.2, 0.25) is 0 Å². The van der Waals surface area contributed by atoms with Gasteiger partial charge in [0, 0.05) is 12.5 Å². The highest BCUT2D eigenvalue weighted by Crippen LogP contribution is 2.14. The van der Waals surface area contributed by atoms with Gasteiger partial charge in [-0.2, -0.15) is 0 Å². The standard InChI is InChI=1S/C8H13NO/c1-7-3-2-4-9-5-8(7)6-10/h6,8-9H,1-5H2. The monoisotopic (exact) mass is 139 g/mol. The van der Waals surface area contributed by atoms with Crippen LogP contribution in [0.1, 0.15) is 12.8 Å². The summed E-state index contributed by atoms with van der Waals surface area (Å²) >= 11 is 0. The van der Waals surface area contributed by atoms with Crippen LogP contribution in [0.25, 0.3) is 0 Å². The highest BCUT2D eigenvalue weighted by atomic mass is 16.1. The average molecular weight is 139 g/mol. The molecule has 0 radical (unpaired) electrons. The van der Waals surface area contributed by atoms with E-state index in [0.717, 1.165) is 37.8 Å². The maximum Gasteiger partial charge on any atom is 0.128 e. The van der Waals surface area contributed by atoms with Gasteiger partial charge in [0.05, 0.1) is 0 Å². The van der Waals surface area contributed by atoms with Gasteiger partial charge in [-0.15, -0.1) is 0 Å². The fourth-order valence-electron chi connectivity index (χ4n) is 1.17. The van der Waals surface area contributed by atoms with Crippen molar-refractivity contribution in [2.24, 2.45) is 5.92 Å². The maximum atomic E-state index is 10.4. The minimum Gasteiger partial charge on any atom is -0.316 e. The molecule has 0 spiro atoms. The third-order valence-electron chi connectivity index (χ3n) is 1.90. The van der Waals surface area contributed by atoms with Gasteiger partial charge in [0.1, 0.15) is 6.29 Å². The van der Waals surface area contributed by atoms with Crippen molar-refractivity contribution in [2.45, 2.75) is 12.8 Å². The van der Waals surface area contributed by atoms with Gasteiger partial charge >= 0.3 is 0 Å². The minimum absolute atomic E-state index is 0.0579. The molecule has 10 heavy (non-hydrogen) atoms. The molecule has 0 aliphatic carbocycles. The Morgan fingerprint density at radius 3 is 3.20 bits per heavy atom. The van der Waals surface area contributed by atoms with Crippen LogP contribution in [-0.2, 0) is 4.79 Å². The Morgan fingerprint density at radius 2 is 2.50 bits per heavy atom. The summed E-state index contributed by atoms with van der Waals surface area (Å²) in [5.41, 5.74) is 1.08.